The van der Waals surface area contributed by atoms with Gasteiger partial charge < -0.3 is 5.11 Å². The molecule has 2 heterocycles. The normalized spacial score (nSPS) is 18.9. The lowest BCUT2D eigenvalue weighted by atomic mass is 9.91. The number of carboxylic acid groups (broad SMARTS) is 1. The summed E-state index contributed by atoms with van der Waals surface area (Å²) in [5.41, 5.74) is 0.897. The quantitative estimate of drug-likeness (QED) is 0.901. The highest BCUT2D eigenvalue weighted by Crippen LogP contribution is 2.28. The van der Waals surface area contributed by atoms with Crippen molar-refractivity contribution in [2.45, 2.75) is 38.6 Å². The summed E-state index contributed by atoms with van der Waals surface area (Å²) in [6.07, 6.45) is 5.98. The number of aromatic nitrogens is 1. The molecule has 0 amide bonds. The summed E-state index contributed by atoms with van der Waals surface area (Å²) in [5.74, 6) is -0.516. The van der Waals surface area contributed by atoms with Gasteiger partial charge in [0.15, 0.2) is 0 Å². The second kappa shape index (κ2) is 6.79. The predicted octanol–water partition coefficient (Wildman–Crippen LogP) is 2.86. The molecule has 1 aromatic rings. The fourth-order valence-electron chi connectivity index (χ4n) is 2.82. The van der Waals surface area contributed by atoms with E-state index in [0.29, 0.717) is 5.92 Å². The van der Waals surface area contributed by atoms with Crippen molar-refractivity contribution in [2.24, 2.45) is 5.92 Å². The van der Waals surface area contributed by atoms with Crippen LogP contribution in [-0.4, -0.2) is 34.0 Å². The van der Waals surface area contributed by atoms with Gasteiger partial charge in [-0.1, -0.05) is 0 Å². The lowest BCUT2D eigenvalue weighted by Crippen LogP contribution is -2.35. The summed E-state index contributed by atoms with van der Waals surface area (Å²) in [6.45, 7) is 3.93. The van der Waals surface area contributed by atoms with Gasteiger partial charge in [0.2, 0.25) is 0 Å². The fourth-order valence-corrected chi connectivity index (χ4v) is 2.82. The molecule has 0 saturated carbocycles. The fraction of sp³-hybridized carbons (Fsp3) is 0.600. The van der Waals surface area contributed by atoms with Gasteiger partial charge in [0, 0.05) is 18.7 Å². The maximum Gasteiger partial charge on any atom is 0.303 e. The molecule has 1 saturated heterocycles. The lowest BCUT2D eigenvalue weighted by Gasteiger charge is -2.36. The Labute approximate surface area is 118 Å². The molecule has 0 bridgehead atoms. The molecule has 20 heavy (non-hydrogen) atoms. The number of hydrogen-bond acceptors (Lipinski definition) is 3. The van der Waals surface area contributed by atoms with Crippen molar-refractivity contribution in [2.75, 3.05) is 13.1 Å². The number of carboxylic acids is 1. The largest absolute Gasteiger partial charge is 0.481 e. The molecule has 0 aliphatic carbocycles. The summed E-state index contributed by atoms with van der Waals surface area (Å²) < 4.78 is 13.2. The van der Waals surface area contributed by atoms with Gasteiger partial charge in [0.1, 0.15) is 5.82 Å². The van der Waals surface area contributed by atoms with Crippen LogP contribution >= 0.6 is 0 Å². The highest BCUT2D eigenvalue weighted by atomic mass is 19.1. The van der Waals surface area contributed by atoms with Crippen molar-refractivity contribution in [3.05, 3.63) is 29.8 Å². The second-order valence-corrected chi connectivity index (χ2v) is 5.52. The third kappa shape index (κ3) is 4.00. The van der Waals surface area contributed by atoms with Crippen molar-refractivity contribution in [3.8, 4) is 0 Å². The number of aliphatic carboxylic acids is 1. The van der Waals surface area contributed by atoms with Gasteiger partial charge in [-0.05, 0) is 56.8 Å². The Morgan fingerprint density at radius 1 is 1.50 bits per heavy atom. The van der Waals surface area contributed by atoms with Crippen molar-refractivity contribution in [1.29, 1.82) is 0 Å². The van der Waals surface area contributed by atoms with Crippen molar-refractivity contribution >= 4 is 5.97 Å². The minimum Gasteiger partial charge on any atom is -0.481 e. The monoisotopic (exact) mass is 280 g/mol. The molecule has 1 aliphatic heterocycles. The topological polar surface area (TPSA) is 53.4 Å². The number of nitrogens with zero attached hydrogens (tertiary/aromatic N) is 2. The van der Waals surface area contributed by atoms with Crippen LogP contribution in [0.2, 0.25) is 0 Å². The molecule has 0 aromatic carbocycles. The summed E-state index contributed by atoms with van der Waals surface area (Å²) in [4.78, 5) is 16.8. The van der Waals surface area contributed by atoms with Crippen LogP contribution in [0, 0.1) is 11.7 Å². The van der Waals surface area contributed by atoms with E-state index in [0.717, 1.165) is 37.9 Å². The Morgan fingerprint density at radius 3 is 2.80 bits per heavy atom. The van der Waals surface area contributed by atoms with E-state index >= 15 is 0 Å². The van der Waals surface area contributed by atoms with E-state index in [1.807, 2.05) is 0 Å². The number of pyridine rings is 1. The molecule has 110 valence electrons. The van der Waals surface area contributed by atoms with Crippen molar-refractivity contribution in [3.63, 3.8) is 0 Å². The van der Waals surface area contributed by atoms with E-state index in [1.165, 1.54) is 12.3 Å². The van der Waals surface area contributed by atoms with E-state index in [2.05, 4.69) is 16.8 Å². The maximum atomic E-state index is 13.2. The highest BCUT2D eigenvalue weighted by molar-refractivity contribution is 5.66. The molecule has 2 rings (SSSR count). The van der Waals surface area contributed by atoms with Crippen LogP contribution in [0.5, 0.6) is 0 Å². The van der Waals surface area contributed by atoms with Crippen LogP contribution in [0.15, 0.2) is 18.5 Å². The van der Waals surface area contributed by atoms with Crippen LogP contribution in [0.1, 0.15) is 44.2 Å². The predicted molar refractivity (Wildman–Crippen MR) is 73.8 cm³/mol. The van der Waals surface area contributed by atoms with Crippen molar-refractivity contribution < 1.29 is 14.3 Å². The molecule has 4 nitrogen and oxygen atoms in total. The molecular weight excluding hydrogens is 259 g/mol. The Bertz CT molecular complexity index is 459. The first-order valence-corrected chi connectivity index (χ1v) is 7.12. The number of rotatable bonds is 5. The Balaban J connectivity index is 1.85. The molecule has 5 heteroatoms. The van der Waals surface area contributed by atoms with E-state index in [1.54, 1.807) is 6.20 Å². The van der Waals surface area contributed by atoms with E-state index in [9.17, 15) is 9.18 Å². The Hall–Kier alpha value is -1.49. The Morgan fingerprint density at radius 2 is 2.20 bits per heavy atom. The molecular formula is C15H21FN2O2. The molecule has 1 N–H and O–H groups in total. The minimum absolute atomic E-state index is 0.152. The van der Waals surface area contributed by atoms with Crippen molar-refractivity contribution in [1.82, 2.24) is 9.88 Å². The van der Waals surface area contributed by atoms with E-state index in [4.69, 9.17) is 5.11 Å². The Kier molecular flexibility index (Phi) is 5.06. The number of carbonyl (C=O) groups is 1. The molecule has 1 aromatic heterocycles. The first-order chi connectivity index (χ1) is 9.56. The van der Waals surface area contributed by atoms with Gasteiger partial charge in [-0.3, -0.25) is 14.7 Å². The first-order valence-electron chi connectivity index (χ1n) is 7.12. The number of likely N-dealkylation sites (tertiary alicyclic amines) is 1. The van der Waals surface area contributed by atoms with Crippen LogP contribution in [0.4, 0.5) is 4.39 Å². The van der Waals surface area contributed by atoms with Gasteiger partial charge in [-0.15, -0.1) is 0 Å². The van der Waals surface area contributed by atoms with Crippen LogP contribution in [-0.2, 0) is 4.79 Å². The average Bonchev–Trinajstić information content (AvgIpc) is 2.45. The molecule has 0 radical (unpaired) electrons. The molecule has 1 fully saturated rings. The van der Waals surface area contributed by atoms with Crippen LogP contribution in [0.3, 0.4) is 0 Å². The molecule has 1 atom stereocenters. The molecule has 0 spiro atoms. The van der Waals surface area contributed by atoms with E-state index in [-0.39, 0.29) is 18.3 Å². The summed E-state index contributed by atoms with van der Waals surface area (Å²) in [6, 6.07) is 1.69. The smallest absolute Gasteiger partial charge is 0.303 e. The zero-order chi connectivity index (χ0) is 14.5. The van der Waals surface area contributed by atoms with Crippen LogP contribution < -0.4 is 0 Å². The zero-order valence-corrected chi connectivity index (χ0v) is 11.8. The van der Waals surface area contributed by atoms with Gasteiger partial charge in [0.25, 0.3) is 0 Å². The molecule has 1 unspecified atom stereocenters. The van der Waals surface area contributed by atoms with Gasteiger partial charge >= 0.3 is 5.97 Å². The standard InChI is InChI=1S/C15H21FN2O2/c1-11(13-8-14(16)10-17-9-13)18-6-4-12(5-7-18)2-3-15(19)20/h8-12H,2-7H2,1H3,(H,19,20). The third-order valence-corrected chi connectivity index (χ3v) is 4.17. The average molecular weight is 280 g/mol. The summed E-state index contributed by atoms with van der Waals surface area (Å²) in [5, 5.41) is 8.71. The van der Waals surface area contributed by atoms with Gasteiger partial charge in [0.05, 0.1) is 6.20 Å². The SMILES string of the molecule is CC(c1cncc(F)c1)N1CCC(CCC(=O)O)CC1. The van der Waals surface area contributed by atoms with Gasteiger partial charge in [-0.2, -0.15) is 0 Å². The summed E-state index contributed by atoms with van der Waals surface area (Å²) >= 11 is 0. The van der Waals surface area contributed by atoms with E-state index < -0.39 is 5.97 Å². The minimum atomic E-state index is -0.716. The number of hydrogen-bond donors (Lipinski definition) is 1. The van der Waals surface area contributed by atoms with Crippen LogP contribution in [0.25, 0.3) is 0 Å². The second-order valence-electron chi connectivity index (χ2n) is 5.52. The zero-order valence-electron chi connectivity index (χ0n) is 11.8. The molecule has 1 aliphatic rings. The lowest BCUT2D eigenvalue weighted by molar-refractivity contribution is -0.137. The third-order valence-electron chi connectivity index (χ3n) is 4.17. The summed E-state index contributed by atoms with van der Waals surface area (Å²) in [7, 11) is 0. The number of halogens is 1. The maximum absolute atomic E-state index is 13.2. The van der Waals surface area contributed by atoms with Gasteiger partial charge in [-0.25, -0.2) is 4.39 Å². The first kappa shape index (κ1) is 14.9. The highest BCUT2D eigenvalue weighted by Gasteiger charge is 2.24. The number of piperidine rings is 1.